The van der Waals surface area contributed by atoms with Crippen LogP contribution in [0.1, 0.15) is 45.2 Å². The zero-order valence-electron chi connectivity index (χ0n) is 15.3. The first-order valence-corrected chi connectivity index (χ1v) is 8.92. The molecule has 5 nitrogen and oxygen atoms in total. The highest BCUT2D eigenvalue weighted by Crippen LogP contribution is 2.13. The highest BCUT2D eigenvalue weighted by Gasteiger charge is 2.25. The Bertz CT molecular complexity index is 531. The molecule has 1 atom stereocenters. The molecule has 0 radical (unpaired) electrons. The monoisotopic (exact) mass is 333 g/mol. The Labute approximate surface area is 145 Å². The Balaban J connectivity index is 1.80. The lowest BCUT2D eigenvalue weighted by molar-refractivity contribution is 0.0652. The van der Waals surface area contributed by atoms with Crippen molar-refractivity contribution in [3.8, 4) is 0 Å². The molecule has 0 aliphatic carbocycles. The first kappa shape index (κ1) is 18.7. The van der Waals surface area contributed by atoms with Gasteiger partial charge in [0.15, 0.2) is 0 Å². The number of rotatable bonds is 7. The highest BCUT2D eigenvalue weighted by atomic mass is 16.5. The first-order chi connectivity index (χ1) is 11.5. The molecule has 2 rings (SSSR count). The lowest BCUT2D eigenvalue weighted by atomic mass is 10.1. The van der Waals surface area contributed by atoms with Crippen molar-refractivity contribution in [2.45, 2.75) is 65.5 Å². The van der Waals surface area contributed by atoms with E-state index in [4.69, 9.17) is 4.74 Å². The quantitative estimate of drug-likeness (QED) is 0.807. The fourth-order valence-electron chi connectivity index (χ4n) is 2.91. The lowest BCUT2D eigenvalue weighted by Crippen LogP contribution is -2.43. The van der Waals surface area contributed by atoms with Crippen molar-refractivity contribution in [2.24, 2.45) is 0 Å². The number of carbonyl (C=O) groups is 1. The summed E-state index contributed by atoms with van der Waals surface area (Å²) in [5, 5.41) is 6.05. The zero-order valence-corrected chi connectivity index (χ0v) is 15.3. The normalized spacial score (nSPS) is 18.3. The minimum Gasteiger partial charge on any atom is -0.374 e. The Hall–Kier alpha value is -1.59. The molecule has 0 saturated carbocycles. The van der Waals surface area contributed by atoms with E-state index in [-0.39, 0.29) is 18.2 Å². The molecule has 24 heavy (non-hydrogen) atoms. The molecule has 5 heteroatoms. The average Bonchev–Trinajstić information content (AvgIpc) is 3.00. The molecule has 1 aromatic carbocycles. The maximum Gasteiger partial charge on any atom is 0.315 e. The SMILES string of the molecule is CC(C)OCc1ccccc1CNC(=O)NC1CCN(C(C)C)C1. The number of hydrogen-bond acceptors (Lipinski definition) is 3. The van der Waals surface area contributed by atoms with Crippen LogP contribution < -0.4 is 10.6 Å². The topological polar surface area (TPSA) is 53.6 Å². The second kappa shape index (κ2) is 9.04. The number of urea groups is 1. The molecule has 0 aromatic heterocycles. The summed E-state index contributed by atoms with van der Waals surface area (Å²) < 4.78 is 5.68. The molecule has 1 saturated heterocycles. The Kier molecular flexibility index (Phi) is 7.06. The van der Waals surface area contributed by atoms with Gasteiger partial charge in [0.1, 0.15) is 0 Å². The van der Waals surface area contributed by atoms with Gasteiger partial charge in [0.25, 0.3) is 0 Å². The number of carbonyl (C=O) groups excluding carboxylic acids is 1. The zero-order chi connectivity index (χ0) is 17.5. The molecule has 1 aliphatic heterocycles. The van der Waals surface area contributed by atoms with E-state index in [9.17, 15) is 4.79 Å². The van der Waals surface area contributed by atoms with Crippen molar-refractivity contribution < 1.29 is 9.53 Å². The van der Waals surface area contributed by atoms with Gasteiger partial charge in [-0.2, -0.15) is 0 Å². The van der Waals surface area contributed by atoms with Crippen LogP contribution in [0.2, 0.25) is 0 Å². The van der Waals surface area contributed by atoms with Crippen molar-refractivity contribution in [2.75, 3.05) is 13.1 Å². The third kappa shape index (κ3) is 5.80. The van der Waals surface area contributed by atoms with Gasteiger partial charge in [0.2, 0.25) is 0 Å². The maximum atomic E-state index is 12.2. The number of nitrogens with one attached hydrogen (secondary N) is 2. The predicted molar refractivity (Wildman–Crippen MR) is 96.9 cm³/mol. The predicted octanol–water partition coefficient (Wildman–Crippen LogP) is 2.89. The van der Waals surface area contributed by atoms with Crippen LogP contribution in [0.25, 0.3) is 0 Å². The van der Waals surface area contributed by atoms with E-state index in [0.717, 1.165) is 30.6 Å². The van der Waals surface area contributed by atoms with Gasteiger partial charge in [-0.25, -0.2) is 4.79 Å². The molecule has 1 heterocycles. The number of nitrogens with zero attached hydrogens (tertiary/aromatic N) is 1. The van der Waals surface area contributed by atoms with Crippen LogP contribution in [0, 0.1) is 0 Å². The van der Waals surface area contributed by atoms with Crippen LogP contribution >= 0.6 is 0 Å². The first-order valence-electron chi connectivity index (χ1n) is 8.92. The number of benzene rings is 1. The maximum absolute atomic E-state index is 12.2. The summed E-state index contributed by atoms with van der Waals surface area (Å²) in [4.78, 5) is 14.5. The number of hydrogen-bond donors (Lipinski definition) is 2. The molecule has 0 spiro atoms. The smallest absolute Gasteiger partial charge is 0.315 e. The van der Waals surface area contributed by atoms with Crippen LogP contribution in [0.4, 0.5) is 4.79 Å². The molecule has 1 fully saturated rings. The van der Waals surface area contributed by atoms with Gasteiger partial charge in [-0.05, 0) is 45.2 Å². The Morgan fingerprint density at radius 1 is 1.25 bits per heavy atom. The van der Waals surface area contributed by atoms with E-state index >= 15 is 0 Å². The van der Waals surface area contributed by atoms with Gasteiger partial charge in [0, 0.05) is 31.7 Å². The fourth-order valence-corrected chi connectivity index (χ4v) is 2.91. The number of likely N-dealkylation sites (tertiary alicyclic amines) is 1. The summed E-state index contributed by atoms with van der Waals surface area (Å²) in [7, 11) is 0. The summed E-state index contributed by atoms with van der Waals surface area (Å²) in [6.45, 7) is 11.5. The standard InChI is InChI=1S/C19H31N3O2/c1-14(2)22-10-9-18(12-22)21-19(23)20-11-16-7-5-6-8-17(16)13-24-15(3)4/h5-8,14-15,18H,9-13H2,1-4H3,(H2,20,21,23). The van der Waals surface area contributed by atoms with Crippen molar-refractivity contribution >= 4 is 6.03 Å². The van der Waals surface area contributed by atoms with Gasteiger partial charge < -0.3 is 15.4 Å². The Morgan fingerprint density at radius 2 is 1.96 bits per heavy atom. The second-order valence-corrected chi connectivity index (χ2v) is 7.03. The second-order valence-electron chi connectivity index (χ2n) is 7.03. The summed E-state index contributed by atoms with van der Waals surface area (Å²) in [6.07, 6.45) is 1.21. The molecular weight excluding hydrogens is 302 g/mol. The van der Waals surface area contributed by atoms with Gasteiger partial charge in [-0.15, -0.1) is 0 Å². The molecule has 2 N–H and O–H groups in total. The molecule has 0 bridgehead atoms. The van der Waals surface area contributed by atoms with Crippen molar-refractivity contribution in [1.82, 2.24) is 15.5 Å². The van der Waals surface area contributed by atoms with E-state index < -0.39 is 0 Å². The third-order valence-electron chi connectivity index (χ3n) is 4.42. The number of ether oxygens (including phenoxy) is 1. The summed E-state index contributed by atoms with van der Waals surface area (Å²) in [5.41, 5.74) is 2.22. The number of amides is 2. The van der Waals surface area contributed by atoms with Crippen LogP contribution in [0.15, 0.2) is 24.3 Å². The van der Waals surface area contributed by atoms with Crippen LogP contribution in [-0.4, -0.2) is 42.2 Å². The third-order valence-corrected chi connectivity index (χ3v) is 4.42. The lowest BCUT2D eigenvalue weighted by Gasteiger charge is -2.20. The molecule has 1 unspecified atom stereocenters. The fraction of sp³-hybridized carbons (Fsp3) is 0.632. The summed E-state index contributed by atoms with van der Waals surface area (Å²) >= 11 is 0. The van der Waals surface area contributed by atoms with Crippen LogP contribution in [-0.2, 0) is 17.9 Å². The van der Waals surface area contributed by atoms with E-state index in [2.05, 4.69) is 35.4 Å². The largest absolute Gasteiger partial charge is 0.374 e. The van der Waals surface area contributed by atoms with Crippen molar-refractivity contribution in [1.29, 1.82) is 0 Å². The molecule has 1 aromatic rings. The van der Waals surface area contributed by atoms with E-state index in [0.29, 0.717) is 19.2 Å². The van der Waals surface area contributed by atoms with Crippen LogP contribution in [0.5, 0.6) is 0 Å². The average molecular weight is 333 g/mol. The van der Waals surface area contributed by atoms with Crippen LogP contribution in [0.3, 0.4) is 0 Å². The highest BCUT2D eigenvalue weighted by molar-refractivity contribution is 5.74. The molecule has 1 aliphatic rings. The van der Waals surface area contributed by atoms with Gasteiger partial charge in [0.05, 0.1) is 12.7 Å². The molecular formula is C19H31N3O2. The van der Waals surface area contributed by atoms with E-state index in [1.165, 1.54) is 0 Å². The van der Waals surface area contributed by atoms with Gasteiger partial charge >= 0.3 is 6.03 Å². The molecule has 2 amide bonds. The molecule has 134 valence electrons. The van der Waals surface area contributed by atoms with Crippen molar-refractivity contribution in [3.05, 3.63) is 35.4 Å². The van der Waals surface area contributed by atoms with E-state index in [1.54, 1.807) is 0 Å². The van der Waals surface area contributed by atoms with Gasteiger partial charge in [-0.1, -0.05) is 24.3 Å². The van der Waals surface area contributed by atoms with Crippen molar-refractivity contribution in [3.63, 3.8) is 0 Å². The summed E-state index contributed by atoms with van der Waals surface area (Å²) in [6, 6.07) is 8.77. The minimum absolute atomic E-state index is 0.0924. The van der Waals surface area contributed by atoms with Gasteiger partial charge in [-0.3, -0.25) is 4.90 Å². The summed E-state index contributed by atoms with van der Waals surface area (Å²) in [5.74, 6) is 0. The van der Waals surface area contributed by atoms with E-state index in [1.807, 2.05) is 32.0 Å². The Morgan fingerprint density at radius 3 is 2.58 bits per heavy atom. The minimum atomic E-state index is -0.0924.